The van der Waals surface area contributed by atoms with Crippen LogP contribution in [-0.2, 0) is 27.7 Å². The monoisotopic (exact) mass is 428 g/mol. The van der Waals surface area contributed by atoms with E-state index in [4.69, 9.17) is 0 Å². The molecule has 0 fully saturated rings. The van der Waals surface area contributed by atoms with Gasteiger partial charge in [-0.1, -0.05) is 44.2 Å². The molecule has 162 valence electrons. The lowest BCUT2D eigenvalue weighted by Gasteiger charge is -2.24. The Labute approximate surface area is 180 Å². The summed E-state index contributed by atoms with van der Waals surface area (Å²) < 4.78 is 25.9. The predicted octanol–water partition coefficient (Wildman–Crippen LogP) is 4.33. The highest BCUT2D eigenvalue weighted by Crippen LogP contribution is 2.25. The fraction of sp³-hybridized carbons (Fsp3) is 0.458. The zero-order valence-electron chi connectivity index (χ0n) is 18.3. The summed E-state index contributed by atoms with van der Waals surface area (Å²) in [6.07, 6.45) is 5.77. The van der Waals surface area contributed by atoms with E-state index in [9.17, 15) is 13.2 Å². The maximum Gasteiger partial charge on any atom is 0.241 e. The molecule has 1 N–H and O–H groups in total. The van der Waals surface area contributed by atoms with E-state index in [1.165, 1.54) is 24.0 Å². The Bertz CT molecular complexity index is 998. The molecule has 1 aliphatic carbocycles. The molecule has 0 aromatic heterocycles. The minimum absolute atomic E-state index is 0.186. The highest BCUT2D eigenvalue weighted by molar-refractivity contribution is 7.92. The molecular weight excluding hydrogens is 396 g/mol. The first-order valence-electron chi connectivity index (χ1n) is 10.6. The van der Waals surface area contributed by atoms with Gasteiger partial charge in [0, 0.05) is 0 Å². The van der Waals surface area contributed by atoms with E-state index in [1.807, 2.05) is 19.1 Å². The standard InChI is InChI=1S/C24H32N2O3S/c1-17(2)19-11-13-23(14-12-19)26(30(4,28)29)16-24(27)25-18(3)21-10-9-20-7-5-6-8-22(20)15-21/h9-15,17-18H,5-8,16H2,1-4H3,(H,25,27)/t18-/m0/s1. The van der Waals surface area contributed by atoms with Crippen LogP contribution >= 0.6 is 0 Å². The van der Waals surface area contributed by atoms with Crippen molar-refractivity contribution in [2.75, 3.05) is 17.1 Å². The summed E-state index contributed by atoms with van der Waals surface area (Å²) in [7, 11) is -3.59. The number of carbonyl (C=O) groups is 1. The van der Waals surface area contributed by atoms with E-state index < -0.39 is 10.0 Å². The number of aryl methyl sites for hydroxylation is 2. The maximum absolute atomic E-state index is 12.7. The van der Waals surface area contributed by atoms with Crippen molar-refractivity contribution in [2.45, 2.75) is 58.4 Å². The van der Waals surface area contributed by atoms with Gasteiger partial charge < -0.3 is 5.32 Å². The molecule has 1 aliphatic rings. The molecule has 0 unspecified atom stereocenters. The van der Waals surface area contributed by atoms with Gasteiger partial charge in [-0.05, 0) is 72.9 Å². The molecule has 0 saturated heterocycles. The minimum Gasteiger partial charge on any atom is -0.348 e. The van der Waals surface area contributed by atoms with Crippen molar-refractivity contribution in [3.05, 3.63) is 64.7 Å². The summed E-state index contributed by atoms with van der Waals surface area (Å²) in [5, 5.41) is 2.96. The highest BCUT2D eigenvalue weighted by Gasteiger charge is 2.22. The van der Waals surface area contributed by atoms with Gasteiger partial charge in [0.2, 0.25) is 15.9 Å². The van der Waals surface area contributed by atoms with Gasteiger partial charge in [-0.2, -0.15) is 0 Å². The van der Waals surface area contributed by atoms with Crippen LogP contribution in [0.2, 0.25) is 0 Å². The van der Waals surface area contributed by atoms with Crippen LogP contribution in [-0.4, -0.2) is 27.1 Å². The fourth-order valence-electron chi connectivity index (χ4n) is 3.95. The zero-order valence-corrected chi connectivity index (χ0v) is 19.1. The van der Waals surface area contributed by atoms with E-state index in [1.54, 1.807) is 12.1 Å². The van der Waals surface area contributed by atoms with Gasteiger partial charge in [-0.25, -0.2) is 8.42 Å². The van der Waals surface area contributed by atoms with Crippen molar-refractivity contribution in [1.29, 1.82) is 0 Å². The average Bonchev–Trinajstić information content (AvgIpc) is 2.71. The van der Waals surface area contributed by atoms with Crippen molar-refractivity contribution >= 4 is 21.6 Å². The summed E-state index contributed by atoms with van der Waals surface area (Å²) in [6, 6.07) is 13.6. The Balaban J connectivity index is 1.71. The van der Waals surface area contributed by atoms with Crippen molar-refractivity contribution in [1.82, 2.24) is 5.32 Å². The van der Waals surface area contributed by atoms with Crippen LogP contribution in [0.15, 0.2) is 42.5 Å². The number of sulfonamides is 1. The third-order valence-corrected chi connectivity index (χ3v) is 6.93. The Hall–Kier alpha value is -2.34. The SMILES string of the molecule is CC(C)c1ccc(N(CC(=O)N[C@@H](C)c2ccc3c(c2)CCCC3)S(C)(=O)=O)cc1. The fourth-order valence-corrected chi connectivity index (χ4v) is 4.81. The second-order valence-corrected chi connectivity index (χ2v) is 10.4. The molecule has 2 aromatic rings. The maximum atomic E-state index is 12.7. The molecule has 0 bridgehead atoms. The van der Waals surface area contributed by atoms with Gasteiger partial charge in [0.05, 0.1) is 18.0 Å². The normalized spacial score (nSPS) is 14.8. The zero-order chi connectivity index (χ0) is 21.9. The predicted molar refractivity (Wildman–Crippen MR) is 122 cm³/mol. The first-order valence-corrected chi connectivity index (χ1v) is 12.5. The number of nitrogens with one attached hydrogen (secondary N) is 1. The number of nitrogens with zero attached hydrogens (tertiary/aromatic N) is 1. The molecule has 3 rings (SSSR count). The first kappa shape index (κ1) is 22.3. The molecule has 1 atom stereocenters. The molecule has 30 heavy (non-hydrogen) atoms. The van der Waals surface area contributed by atoms with Crippen molar-refractivity contribution in [3.63, 3.8) is 0 Å². The highest BCUT2D eigenvalue weighted by atomic mass is 32.2. The number of benzene rings is 2. The number of carbonyl (C=O) groups excluding carboxylic acids is 1. The summed E-state index contributed by atoms with van der Waals surface area (Å²) in [5.74, 6) is 0.0325. The summed E-state index contributed by atoms with van der Waals surface area (Å²) in [5.41, 5.74) is 5.44. The van der Waals surface area contributed by atoms with Gasteiger partial charge >= 0.3 is 0 Å². The van der Waals surface area contributed by atoms with Gasteiger partial charge in [0.15, 0.2) is 0 Å². The number of hydrogen-bond donors (Lipinski definition) is 1. The number of rotatable bonds is 7. The van der Waals surface area contributed by atoms with Gasteiger partial charge in [-0.15, -0.1) is 0 Å². The quantitative estimate of drug-likeness (QED) is 0.714. The van der Waals surface area contributed by atoms with E-state index in [0.29, 0.717) is 11.6 Å². The molecular formula is C24H32N2O3S. The Morgan fingerprint density at radius 3 is 2.17 bits per heavy atom. The Morgan fingerprint density at radius 1 is 0.967 bits per heavy atom. The second kappa shape index (κ2) is 9.21. The topological polar surface area (TPSA) is 66.5 Å². The lowest BCUT2D eigenvalue weighted by Crippen LogP contribution is -2.41. The summed E-state index contributed by atoms with van der Waals surface area (Å²) in [4.78, 5) is 12.7. The molecule has 0 radical (unpaired) electrons. The van der Waals surface area contributed by atoms with Crippen molar-refractivity contribution in [2.24, 2.45) is 0 Å². The number of amides is 1. The number of fused-ring (bicyclic) bond motifs is 1. The van der Waals surface area contributed by atoms with Crippen LogP contribution in [0.1, 0.15) is 67.8 Å². The molecule has 0 spiro atoms. The largest absolute Gasteiger partial charge is 0.348 e. The van der Waals surface area contributed by atoms with Gasteiger partial charge in [-0.3, -0.25) is 9.10 Å². The minimum atomic E-state index is -3.59. The van der Waals surface area contributed by atoms with Gasteiger partial charge in [0.25, 0.3) is 0 Å². The smallest absolute Gasteiger partial charge is 0.241 e. The lowest BCUT2D eigenvalue weighted by molar-refractivity contribution is -0.120. The Kier molecular flexibility index (Phi) is 6.86. The van der Waals surface area contributed by atoms with E-state index in [0.717, 1.165) is 34.5 Å². The molecule has 6 heteroatoms. The van der Waals surface area contributed by atoms with Crippen molar-refractivity contribution in [3.8, 4) is 0 Å². The lowest BCUT2D eigenvalue weighted by atomic mass is 9.89. The molecule has 0 saturated carbocycles. The number of hydrogen-bond acceptors (Lipinski definition) is 3. The second-order valence-electron chi connectivity index (χ2n) is 8.54. The summed E-state index contributed by atoms with van der Waals surface area (Å²) in [6.45, 7) is 5.86. The number of anilines is 1. The van der Waals surface area contributed by atoms with E-state index in [-0.39, 0.29) is 18.5 Å². The van der Waals surface area contributed by atoms with Crippen LogP contribution in [0, 0.1) is 0 Å². The average molecular weight is 429 g/mol. The van der Waals surface area contributed by atoms with Gasteiger partial charge in [0.1, 0.15) is 6.54 Å². The molecule has 2 aromatic carbocycles. The third kappa shape index (κ3) is 5.42. The van der Waals surface area contributed by atoms with E-state index in [2.05, 4.69) is 37.4 Å². The van der Waals surface area contributed by atoms with Crippen LogP contribution in [0.3, 0.4) is 0 Å². The van der Waals surface area contributed by atoms with Crippen LogP contribution in [0.4, 0.5) is 5.69 Å². The third-order valence-electron chi connectivity index (χ3n) is 5.79. The molecule has 0 aliphatic heterocycles. The summed E-state index contributed by atoms with van der Waals surface area (Å²) >= 11 is 0. The van der Waals surface area contributed by atoms with Crippen LogP contribution < -0.4 is 9.62 Å². The molecule has 0 heterocycles. The van der Waals surface area contributed by atoms with E-state index >= 15 is 0 Å². The van der Waals surface area contributed by atoms with Crippen LogP contribution in [0.25, 0.3) is 0 Å². The van der Waals surface area contributed by atoms with Crippen molar-refractivity contribution < 1.29 is 13.2 Å². The molecule has 5 nitrogen and oxygen atoms in total. The Morgan fingerprint density at radius 2 is 1.57 bits per heavy atom. The molecule has 1 amide bonds. The van der Waals surface area contributed by atoms with Crippen LogP contribution in [0.5, 0.6) is 0 Å². The first-order chi connectivity index (χ1) is 14.1.